The van der Waals surface area contributed by atoms with Crippen LogP contribution in [0.5, 0.6) is 0 Å². The number of rotatable bonds is 9. The van der Waals surface area contributed by atoms with Gasteiger partial charge in [0.25, 0.3) is 0 Å². The Kier molecular flexibility index (Phi) is 7.61. The van der Waals surface area contributed by atoms with Gasteiger partial charge in [-0.15, -0.1) is 6.58 Å². The molecule has 0 aliphatic rings. The molecule has 0 saturated heterocycles. The average Bonchev–Trinajstić information content (AvgIpc) is 2.62. The number of amides is 1. The summed E-state index contributed by atoms with van der Waals surface area (Å²) < 4.78 is 0. The summed E-state index contributed by atoms with van der Waals surface area (Å²) in [4.78, 5) is 14.8. The average molecular weight is 351 g/mol. The van der Waals surface area contributed by atoms with Crippen molar-refractivity contribution in [2.75, 3.05) is 25.0 Å². The Bertz CT molecular complexity index is 722. The third-order valence-corrected chi connectivity index (χ3v) is 4.51. The van der Waals surface area contributed by atoms with Crippen molar-refractivity contribution < 1.29 is 4.79 Å². The number of anilines is 1. The quantitative estimate of drug-likeness (QED) is 0.660. The van der Waals surface area contributed by atoms with Crippen molar-refractivity contribution in [3.63, 3.8) is 0 Å². The van der Waals surface area contributed by atoms with Crippen LogP contribution in [0.25, 0.3) is 0 Å². The second kappa shape index (κ2) is 9.93. The molecule has 3 heteroatoms. The monoisotopic (exact) mass is 350 g/mol. The highest BCUT2D eigenvalue weighted by molar-refractivity contribution is 5.94. The van der Waals surface area contributed by atoms with E-state index in [2.05, 4.69) is 48.8 Å². The van der Waals surface area contributed by atoms with Gasteiger partial charge >= 0.3 is 0 Å². The molecule has 0 spiro atoms. The van der Waals surface area contributed by atoms with Crippen LogP contribution in [0.4, 0.5) is 5.69 Å². The molecule has 0 saturated carbocycles. The van der Waals surface area contributed by atoms with Gasteiger partial charge in [-0.25, -0.2) is 0 Å². The maximum Gasteiger partial charge on any atom is 0.238 e. The van der Waals surface area contributed by atoms with Crippen molar-refractivity contribution in [3.05, 3.63) is 77.9 Å². The first-order chi connectivity index (χ1) is 12.5. The first kappa shape index (κ1) is 19.9. The molecule has 2 aromatic rings. The molecule has 3 nitrogen and oxygen atoms in total. The summed E-state index contributed by atoms with van der Waals surface area (Å²) in [5.74, 6) is 0.392. The van der Waals surface area contributed by atoms with Gasteiger partial charge < -0.3 is 5.32 Å². The zero-order valence-electron chi connectivity index (χ0n) is 16.2. The summed E-state index contributed by atoms with van der Waals surface area (Å²) in [5.41, 5.74) is 4.51. The minimum absolute atomic E-state index is 0.0242. The van der Waals surface area contributed by atoms with Crippen LogP contribution in [0.15, 0.2) is 61.2 Å². The van der Waals surface area contributed by atoms with E-state index in [-0.39, 0.29) is 5.91 Å². The van der Waals surface area contributed by atoms with Gasteiger partial charge in [0, 0.05) is 18.8 Å². The van der Waals surface area contributed by atoms with Crippen molar-refractivity contribution in [3.8, 4) is 0 Å². The van der Waals surface area contributed by atoms with Gasteiger partial charge in [0.2, 0.25) is 5.91 Å². The van der Waals surface area contributed by atoms with Gasteiger partial charge in [-0.3, -0.25) is 9.69 Å². The maximum atomic E-state index is 12.6. The van der Waals surface area contributed by atoms with Crippen LogP contribution in [0.2, 0.25) is 0 Å². The molecule has 138 valence electrons. The van der Waals surface area contributed by atoms with Gasteiger partial charge in [-0.2, -0.15) is 0 Å². The first-order valence-corrected chi connectivity index (χ1v) is 9.27. The molecule has 0 aromatic heterocycles. The molecule has 1 amide bonds. The maximum absolute atomic E-state index is 12.6. The van der Waals surface area contributed by atoms with Crippen LogP contribution in [-0.2, 0) is 11.2 Å². The Hall–Kier alpha value is -2.39. The molecule has 0 bridgehead atoms. The van der Waals surface area contributed by atoms with E-state index in [1.807, 2.05) is 43.3 Å². The van der Waals surface area contributed by atoms with Crippen molar-refractivity contribution in [1.82, 2.24) is 4.90 Å². The lowest BCUT2D eigenvalue weighted by atomic mass is 9.98. The lowest BCUT2D eigenvalue weighted by molar-refractivity contribution is -0.117. The standard InChI is InChI=1S/C23H30N2O/c1-5-15-25(16-14-20-11-7-6-8-12-20)17-22(26)24-23-19(4)10-9-13-21(23)18(2)3/h5-13,18H,1,14-17H2,2-4H3,(H,24,26). The lowest BCUT2D eigenvalue weighted by Crippen LogP contribution is -2.35. The highest BCUT2D eigenvalue weighted by atomic mass is 16.2. The van der Waals surface area contributed by atoms with Crippen LogP contribution in [-0.4, -0.2) is 30.4 Å². The predicted octanol–water partition coefficient (Wildman–Crippen LogP) is 4.79. The number of carbonyl (C=O) groups is 1. The second-order valence-corrected chi connectivity index (χ2v) is 7.00. The van der Waals surface area contributed by atoms with Gasteiger partial charge in [0.05, 0.1) is 6.54 Å². The van der Waals surface area contributed by atoms with E-state index in [1.54, 1.807) is 0 Å². The minimum Gasteiger partial charge on any atom is -0.324 e. The largest absolute Gasteiger partial charge is 0.324 e. The molecule has 1 N–H and O–H groups in total. The van der Waals surface area contributed by atoms with E-state index in [4.69, 9.17) is 0 Å². The van der Waals surface area contributed by atoms with Gasteiger partial charge in [-0.1, -0.05) is 68.5 Å². The number of nitrogens with one attached hydrogen (secondary N) is 1. The molecule has 26 heavy (non-hydrogen) atoms. The fourth-order valence-electron chi connectivity index (χ4n) is 3.07. The summed E-state index contributed by atoms with van der Waals surface area (Å²) in [6, 6.07) is 16.5. The normalized spacial score (nSPS) is 11.0. The topological polar surface area (TPSA) is 32.3 Å². The fourth-order valence-corrected chi connectivity index (χ4v) is 3.07. The summed E-state index contributed by atoms with van der Waals surface area (Å²) >= 11 is 0. The lowest BCUT2D eigenvalue weighted by Gasteiger charge is -2.22. The summed E-state index contributed by atoms with van der Waals surface area (Å²) in [6.45, 7) is 12.1. The molecule has 0 aliphatic heterocycles. The van der Waals surface area contributed by atoms with Crippen molar-refractivity contribution in [1.29, 1.82) is 0 Å². The van der Waals surface area contributed by atoms with E-state index in [0.29, 0.717) is 19.0 Å². The molecule has 0 aliphatic carbocycles. The van der Waals surface area contributed by atoms with E-state index in [9.17, 15) is 4.79 Å². The number of hydrogen-bond donors (Lipinski definition) is 1. The Balaban J connectivity index is 2.00. The molecule has 2 aromatic carbocycles. The van der Waals surface area contributed by atoms with E-state index < -0.39 is 0 Å². The summed E-state index contributed by atoms with van der Waals surface area (Å²) in [6.07, 6.45) is 2.77. The third-order valence-electron chi connectivity index (χ3n) is 4.51. The summed E-state index contributed by atoms with van der Waals surface area (Å²) in [5, 5.41) is 3.13. The minimum atomic E-state index is 0.0242. The van der Waals surface area contributed by atoms with Gasteiger partial charge in [0.1, 0.15) is 0 Å². The number of aryl methyl sites for hydroxylation is 1. The number of nitrogens with zero attached hydrogens (tertiary/aromatic N) is 1. The van der Waals surface area contributed by atoms with Crippen LogP contribution in [0.3, 0.4) is 0 Å². The molecule has 0 unspecified atom stereocenters. The van der Waals surface area contributed by atoms with Crippen LogP contribution in [0.1, 0.15) is 36.5 Å². The van der Waals surface area contributed by atoms with Crippen LogP contribution < -0.4 is 5.32 Å². The number of carbonyl (C=O) groups excluding carboxylic acids is 1. The fraction of sp³-hybridized carbons (Fsp3) is 0.348. The second-order valence-electron chi connectivity index (χ2n) is 7.00. The number of para-hydroxylation sites is 1. The number of benzene rings is 2. The Morgan fingerprint density at radius 3 is 2.54 bits per heavy atom. The summed E-state index contributed by atoms with van der Waals surface area (Å²) in [7, 11) is 0. The van der Waals surface area contributed by atoms with Gasteiger partial charge in [-0.05, 0) is 36.0 Å². The highest BCUT2D eigenvalue weighted by Gasteiger charge is 2.14. The van der Waals surface area contributed by atoms with E-state index >= 15 is 0 Å². The van der Waals surface area contributed by atoms with Gasteiger partial charge in [0.15, 0.2) is 0 Å². The number of hydrogen-bond acceptors (Lipinski definition) is 2. The molecule has 2 rings (SSSR count). The zero-order chi connectivity index (χ0) is 18.9. The predicted molar refractivity (Wildman–Crippen MR) is 111 cm³/mol. The highest BCUT2D eigenvalue weighted by Crippen LogP contribution is 2.27. The van der Waals surface area contributed by atoms with E-state index in [1.165, 1.54) is 11.1 Å². The van der Waals surface area contributed by atoms with Crippen LogP contribution >= 0.6 is 0 Å². The molecular weight excluding hydrogens is 320 g/mol. The van der Waals surface area contributed by atoms with Crippen molar-refractivity contribution >= 4 is 11.6 Å². The van der Waals surface area contributed by atoms with Crippen LogP contribution in [0, 0.1) is 6.92 Å². The van der Waals surface area contributed by atoms with E-state index in [0.717, 1.165) is 24.2 Å². The molecule has 0 heterocycles. The molecule has 0 atom stereocenters. The smallest absolute Gasteiger partial charge is 0.238 e. The first-order valence-electron chi connectivity index (χ1n) is 9.27. The Labute approximate surface area is 157 Å². The van der Waals surface area contributed by atoms with Crippen molar-refractivity contribution in [2.24, 2.45) is 0 Å². The SMILES string of the molecule is C=CCN(CCc1ccccc1)CC(=O)Nc1c(C)cccc1C(C)C. The molecular formula is C23H30N2O. The Morgan fingerprint density at radius 1 is 1.15 bits per heavy atom. The van der Waals surface area contributed by atoms with Crippen molar-refractivity contribution in [2.45, 2.75) is 33.1 Å². The third kappa shape index (κ3) is 5.85. The Morgan fingerprint density at radius 2 is 1.88 bits per heavy atom. The molecule has 0 radical (unpaired) electrons. The molecule has 0 fully saturated rings. The zero-order valence-corrected chi connectivity index (χ0v) is 16.2.